The molecule has 0 spiro atoms. The Morgan fingerprint density at radius 2 is 2.00 bits per heavy atom. The van der Waals surface area contributed by atoms with E-state index >= 15 is 0 Å². The van der Waals surface area contributed by atoms with Crippen LogP contribution in [0.1, 0.15) is 5.56 Å². The molecule has 82 valence electrons. The van der Waals surface area contributed by atoms with E-state index in [4.69, 9.17) is 4.74 Å². The highest BCUT2D eigenvalue weighted by atomic mass is 16.5. The molecule has 0 radical (unpaired) electrons. The second kappa shape index (κ2) is 6.19. The molecule has 0 saturated heterocycles. The third-order valence-corrected chi connectivity index (χ3v) is 2.40. The Bertz CT molecular complexity index is 285. The van der Waals surface area contributed by atoms with Gasteiger partial charge in [-0.05, 0) is 26.1 Å². The van der Waals surface area contributed by atoms with Gasteiger partial charge in [-0.25, -0.2) is 0 Å². The van der Waals surface area contributed by atoms with Gasteiger partial charge in [-0.2, -0.15) is 0 Å². The number of likely N-dealkylation sites (N-methyl/N-ethyl adjacent to an activating group) is 1. The summed E-state index contributed by atoms with van der Waals surface area (Å²) in [7, 11) is 3.98. The molecule has 0 amide bonds. The van der Waals surface area contributed by atoms with Gasteiger partial charge in [0.15, 0.2) is 0 Å². The number of carbonyl (C=O) groups is 1. The average molecular weight is 207 g/mol. The Morgan fingerprint density at radius 1 is 1.33 bits per heavy atom. The van der Waals surface area contributed by atoms with Gasteiger partial charge in [-0.15, -0.1) is 0 Å². The van der Waals surface area contributed by atoms with Crippen LogP contribution in [-0.2, 0) is 16.0 Å². The van der Waals surface area contributed by atoms with E-state index in [1.54, 1.807) is 0 Å². The summed E-state index contributed by atoms with van der Waals surface area (Å²) in [5.74, 6) is 0. The van der Waals surface area contributed by atoms with Crippen molar-refractivity contribution in [1.82, 2.24) is 4.90 Å². The van der Waals surface area contributed by atoms with Gasteiger partial charge in [-0.1, -0.05) is 30.3 Å². The van der Waals surface area contributed by atoms with Crippen molar-refractivity contribution in [3.05, 3.63) is 35.9 Å². The fourth-order valence-corrected chi connectivity index (χ4v) is 1.43. The number of carbonyl (C=O) groups excluding carboxylic acids is 1. The van der Waals surface area contributed by atoms with Crippen molar-refractivity contribution >= 4 is 6.47 Å². The molecule has 0 fully saturated rings. The second-order valence-electron chi connectivity index (χ2n) is 3.74. The third-order valence-electron chi connectivity index (χ3n) is 2.40. The van der Waals surface area contributed by atoms with Crippen molar-refractivity contribution in [1.29, 1.82) is 0 Å². The molecule has 3 nitrogen and oxygen atoms in total. The summed E-state index contributed by atoms with van der Waals surface area (Å²) in [4.78, 5) is 12.2. The molecule has 1 atom stereocenters. The van der Waals surface area contributed by atoms with E-state index in [1.807, 2.05) is 32.3 Å². The van der Waals surface area contributed by atoms with E-state index in [2.05, 4.69) is 17.0 Å². The third kappa shape index (κ3) is 4.13. The quantitative estimate of drug-likeness (QED) is 0.659. The molecule has 0 aromatic heterocycles. The first-order valence-electron chi connectivity index (χ1n) is 4.99. The van der Waals surface area contributed by atoms with Gasteiger partial charge in [0.2, 0.25) is 0 Å². The normalized spacial score (nSPS) is 12.5. The van der Waals surface area contributed by atoms with E-state index in [0.717, 1.165) is 6.42 Å². The Morgan fingerprint density at radius 3 is 2.53 bits per heavy atom. The molecule has 0 aliphatic rings. The lowest BCUT2D eigenvalue weighted by atomic mass is 10.1. The molecule has 0 heterocycles. The summed E-state index contributed by atoms with van der Waals surface area (Å²) in [5, 5.41) is 0. The molecular weight excluding hydrogens is 190 g/mol. The highest BCUT2D eigenvalue weighted by Gasteiger charge is 2.12. The number of nitrogens with zero attached hydrogens (tertiary/aromatic N) is 1. The minimum atomic E-state index is 0.234. The fraction of sp³-hybridized carbons (Fsp3) is 0.417. The predicted octanol–water partition coefficient (Wildman–Crippen LogP) is 1.33. The zero-order valence-electron chi connectivity index (χ0n) is 9.22. The highest BCUT2D eigenvalue weighted by Crippen LogP contribution is 2.06. The first-order valence-corrected chi connectivity index (χ1v) is 4.99. The lowest BCUT2D eigenvalue weighted by Crippen LogP contribution is -2.34. The first kappa shape index (κ1) is 11.7. The van der Waals surface area contributed by atoms with Crippen molar-refractivity contribution in [2.24, 2.45) is 0 Å². The molecule has 15 heavy (non-hydrogen) atoms. The summed E-state index contributed by atoms with van der Waals surface area (Å²) in [5.41, 5.74) is 1.26. The molecule has 0 N–H and O–H groups in total. The van der Waals surface area contributed by atoms with Crippen molar-refractivity contribution in [3.63, 3.8) is 0 Å². The molecule has 1 aromatic rings. The number of rotatable bonds is 6. The smallest absolute Gasteiger partial charge is 0.293 e. The van der Waals surface area contributed by atoms with Gasteiger partial charge in [0.05, 0.1) is 0 Å². The van der Waals surface area contributed by atoms with Gasteiger partial charge in [0, 0.05) is 6.04 Å². The Hall–Kier alpha value is -1.35. The predicted molar refractivity (Wildman–Crippen MR) is 59.6 cm³/mol. The molecule has 0 saturated carbocycles. The van der Waals surface area contributed by atoms with E-state index in [-0.39, 0.29) is 6.04 Å². The molecule has 1 aromatic carbocycles. The van der Waals surface area contributed by atoms with Gasteiger partial charge in [0.25, 0.3) is 6.47 Å². The molecule has 1 rings (SSSR count). The topological polar surface area (TPSA) is 29.5 Å². The number of hydrogen-bond acceptors (Lipinski definition) is 3. The summed E-state index contributed by atoms with van der Waals surface area (Å²) in [6.07, 6.45) is 0.891. The van der Waals surface area contributed by atoms with Crippen LogP contribution in [0, 0.1) is 0 Å². The van der Waals surface area contributed by atoms with E-state index in [9.17, 15) is 4.79 Å². The fourth-order valence-electron chi connectivity index (χ4n) is 1.43. The maximum Gasteiger partial charge on any atom is 0.293 e. The van der Waals surface area contributed by atoms with Crippen LogP contribution in [0.2, 0.25) is 0 Å². The summed E-state index contributed by atoms with van der Waals surface area (Å²) >= 11 is 0. The molecular formula is C12H17NO2. The maximum atomic E-state index is 10.1. The maximum absolute atomic E-state index is 10.1. The summed E-state index contributed by atoms with van der Waals surface area (Å²) < 4.78 is 4.81. The minimum absolute atomic E-state index is 0.234. The lowest BCUT2D eigenvalue weighted by molar-refractivity contribution is -0.130. The summed E-state index contributed by atoms with van der Waals surface area (Å²) in [6.45, 7) is 0.937. The number of ether oxygens (including phenoxy) is 1. The van der Waals surface area contributed by atoms with Crippen LogP contribution in [0.4, 0.5) is 0 Å². The van der Waals surface area contributed by atoms with Crippen LogP contribution >= 0.6 is 0 Å². The molecule has 0 aliphatic carbocycles. The Labute approximate surface area is 90.7 Å². The van der Waals surface area contributed by atoms with E-state index in [0.29, 0.717) is 13.1 Å². The SMILES string of the molecule is CN(C)C(COC=O)Cc1ccccc1. The van der Waals surface area contributed by atoms with Crippen molar-refractivity contribution in [2.75, 3.05) is 20.7 Å². The van der Waals surface area contributed by atoms with Crippen LogP contribution in [0.5, 0.6) is 0 Å². The van der Waals surface area contributed by atoms with Gasteiger partial charge in [0.1, 0.15) is 6.61 Å². The highest BCUT2D eigenvalue weighted by molar-refractivity contribution is 5.37. The first-order chi connectivity index (χ1) is 7.24. The standard InChI is InChI=1S/C12H17NO2/c1-13(2)12(9-15-10-14)8-11-6-4-3-5-7-11/h3-7,10,12H,8-9H2,1-2H3. The van der Waals surface area contributed by atoms with Crippen molar-refractivity contribution < 1.29 is 9.53 Å². The second-order valence-corrected chi connectivity index (χ2v) is 3.74. The molecule has 1 unspecified atom stereocenters. The molecule has 0 aliphatic heterocycles. The number of benzene rings is 1. The van der Waals surface area contributed by atoms with Crippen LogP contribution in [0.25, 0.3) is 0 Å². The lowest BCUT2D eigenvalue weighted by Gasteiger charge is -2.23. The van der Waals surface area contributed by atoms with Crippen molar-refractivity contribution in [3.8, 4) is 0 Å². The van der Waals surface area contributed by atoms with E-state index in [1.165, 1.54) is 5.56 Å². The van der Waals surface area contributed by atoms with Gasteiger partial charge >= 0.3 is 0 Å². The Balaban J connectivity index is 2.54. The van der Waals surface area contributed by atoms with Gasteiger partial charge < -0.3 is 9.64 Å². The van der Waals surface area contributed by atoms with E-state index < -0.39 is 0 Å². The Kier molecular flexibility index (Phi) is 4.84. The molecule has 3 heteroatoms. The van der Waals surface area contributed by atoms with Crippen molar-refractivity contribution in [2.45, 2.75) is 12.5 Å². The van der Waals surface area contributed by atoms with Crippen LogP contribution < -0.4 is 0 Å². The zero-order valence-corrected chi connectivity index (χ0v) is 9.22. The van der Waals surface area contributed by atoms with Crippen LogP contribution in [-0.4, -0.2) is 38.1 Å². The summed E-state index contributed by atoms with van der Waals surface area (Å²) in [6, 6.07) is 10.4. The average Bonchev–Trinajstić information content (AvgIpc) is 2.25. The van der Waals surface area contributed by atoms with Crippen LogP contribution in [0.15, 0.2) is 30.3 Å². The van der Waals surface area contributed by atoms with Crippen LogP contribution in [0.3, 0.4) is 0 Å². The number of hydrogen-bond donors (Lipinski definition) is 0. The molecule has 0 bridgehead atoms. The zero-order chi connectivity index (χ0) is 11.1. The monoisotopic (exact) mass is 207 g/mol. The minimum Gasteiger partial charge on any atom is -0.466 e. The largest absolute Gasteiger partial charge is 0.466 e. The van der Waals surface area contributed by atoms with Gasteiger partial charge in [-0.3, -0.25) is 4.79 Å².